The quantitative estimate of drug-likeness (QED) is 0.616. The molecule has 134 valence electrons. The van der Waals surface area contributed by atoms with Gasteiger partial charge >= 0.3 is 0 Å². The molecular formula is C18H18ClN5OS. The minimum absolute atomic E-state index is 0.227. The summed E-state index contributed by atoms with van der Waals surface area (Å²) in [7, 11) is 0. The predicted octanol–water partition coefficient (Wildman–Crippen LogP) is 3.18. The lowest BCUT2D eigenvalue weighted by molar-refractivity contribution is 0.276. The van der Waals surface area contributed by atoms with Crippen molar-refractivity contribution < 1.29 is 5.11 Å². The molecule has 8 heteroatoms. The normalized spacial score (nSPS) is 10.9. The van der Waals surface area contributed by atoms with E-state index in [-0.39, 0.29) is 12.4 Å². The zero-order chi connectivity index (χ0) is 18.7. The number of halogens is 1. The van der Waals surface area contributed by atoms with Gasteiger partial charge in [0.05, 0.1) is 28.7 Å². The van der Waals surface area contributed by atoms with Gasteiger partial charge in [0, 0.05) is 23.2 Å². The lowest BCUT2D eigenvalue weighted by atomic mass is 10.1. The number of hydrogen-bond acceptors (Lipinski definition) is 7. The maximum Gasteiger partial charge on any atom is 0.143 e. The lowest BCUT2D eigenvalue weighted by Crippen LogP contribution is -2.03. The van der Waals surface area contributed by atoms with E-state index < -0.39 is 0 Å². The first kappa shape index (κ1) is 18.6. The van der Waals surface area contributed by atoms with E-state index in [1.54, 1.807) is 12.3 Å². The standard InChI is InChI=1S/C18H18ClN5OS/c1-10-18(26-14-5-6-22-17(21)15(14)19)24-13(9-25)16(23-10)12-4-2-3-11(7-12)8-20/h2-7,25H,8-9,20H2,1H3,(H2,21,22). The number of aryl methyl sites for hydroxylation is 1. The van der Waals surface area contributed by atoms with Gasteiger partial charge in [0.2, 0.25) is 0 Å². The first-order valence-electron chi connectivity index (χ1n) is 7.89. The zero-order valence-electron chi connectivity index (χ0n) is 14.1. The molecule has 0 saturated carbocycles. The van der Waals surface area contributed by atoms with Crippen molar-refractivity contribution in [2.75, 3.05) is 5.73 Å². The maximum absolute atomic E-state index is 9.79. The fourth-order valence-corrected chi connectivity index (χ4v) is 3.55. The molecule has 0 aliphatic carbocycles. The number of anilines is 1. The van der Waals surface area contributed by atoms with E-state index in [1.165, 1.54) is 11.8 Å². The Morgan fingerprint density at radius 2 is 2.04 bits per heavy atom. The number of benzene rings is 1. The third-order valence-corrected chi connectivity index (χ3v) is 5.42. The highest BCUT2D eigenvalue weighted by atomic mass is 35.5. The average Bonchev–Trinajstić information content (AvgIpc) is 2.66. The van der Waals surface area contributed by atoms with Crippen LogP contribution in [0.15, 0.2) is 46.5 Å². The van der Waals surface area contributed by atoms with Gasteiger partial charge in [-0.15, -0.1) is 0 Å². The van der Waals surface area contributed by atoms with E-state index in [0.717, 1.165) is 21.7 Å². The number of aliphatic hydroxyl groups is 1. The molecule has 0 radical (unpaired) electrons. The molecule has 2 heterocycles. The Morgan fingerprint density at radius 3 is 2.77 bits per heavy atom. The van der Waals surface area contributed by atoms with Crippen molar-refractivity contribution in [1.82, 2.24) is 15.0 Å². The molecule has 0 atom stereocenters. The van der Waals surface area contributed by atoms with Gasteiger partial charge in [-0.05, 0) is 24.6 Å². The highest BCUT2D eigenvalue weighted by Crippen LogP contribution is 2.36. The average molecular weight is 388 g/mol. The van der Waals surface area contributed by atoms with Crippen molar-refractivity contribution in [3.63, 3.8) is 0 Å². The van der Waals surface area contributed by atoms with Crippen LogP contribution in [-0.2, 0) is 13.2 Å². The largest absolute Gasteiger partial charge is 0.390 e. The summed E-state index contributed by atoms with van der Waals surface area (Å²) in [6.07, 6.45) is 1.59. The number of aliphatic hydroxyl groups excluding tert-OH is 1. The summed E-state index contributed by atoms with van der Waals surface area (Å²) in [6.45, 7) is 2.07. The van der Waals surface area contributed by atoms with Gasteiger partial charge in [-0.25, -0.2) is 15.0 Å². The third kappa shape index (κ3) is 3.81. The second-order valence-corrected chi connectivity index (χ2v) is 6.99. The molecule has 0 bridgehead atoms. The Bertz CT molecular complexity index is 951. The fourth-order valence-electron chi connectivity index (χ4n) is 2.44. The van der Waals surface area contributed by atoms with Crippen molar-refractivity contribution in [2.45, 2.75) is 30.0 Å². The van der Waals surface area contributed by atoms with Gasteiger partial charge in [0.1, 0.15) is 10.8 Å². The molecule has 0 aliphatic heterocycles. The van der Waals surface area contributed by atoms with Crippen LogP contribution in [0.5, 0.6) is 0 Å². The number of nitrogens with zero attached hydrogens (tertiary/aromatic N) is 3. The molecule has 0 fully saturated rings. The van der Waals surface area contributed by atoms with Crippen LogP contribution in [-0.4, -0.2) is 20.1 Å². The summed E-state index contributed by atoms with van der Waals surface area (Å²) in [5.74, 6) is 0.264. The van der Waals surface area contributed by atoms with E-state index in [2.05, 4.69) is 15.0 Å². The van der Waals surface area contributed by atoms with Crippen LogP contribution in [0.3, 0.4) is 0 Å². The fraction of sp³-hybridized carbons (Fsp3) is 0.167. The monoisotopic (exact) mass is 387 g/mol. The second kappa shape index (κ2) is 8.01. The molecule has 0 aliphatic rings. The van der Waals surface area contributed by atoms with Crippen LogP contribution in [0.4, 0.5) is 5.82 Å². The van der Waals surface area contributed by atoms with Gasteiger partial charge in [-0.1, -0.05) is 41.6 Å². The summed E-state index contributed by atoms with van der Waals surface area (Å²) in [4.78, 5) is 13.9. The van der Waals surface area contributed by atoms with E-state index in [4.69, 9.17) is 23.1 Å². The topological polar surface area (TPSA) is 111 Å². The molecule has 0 unspecified atom stereocenters. The highest BCUT2D eigenvalue weighted by molar-refractivity contribution is 7.99. The van der Waals surface area contributed by atoms with E-state index >= 15 is 0 Å². The highest BCUT2D eigenvalue weighted by Gasteiger charge is 2.15. The molecule has 5 N–H and O–H groups in total. The van der Waals surface area contributed by atoms with E-state index in [0.29, 0.717) is 28.0 Å². The molecule has 1 aromatic carbocycles. The van der Waals surface area contributed by atoms with Crippen LogP contribution >= 0.6 is 23.4 Å². The van der Waals surface area contributed by atoms with Crippen LogP contribution in [0, 0.1) is 6.92 Å². The molecule has 26 heavy (non-hydrogen) atoms. The van der Waals surface area contributed by atoms with Crippen molar-refractivity contribution in [3.8, 4) is 11.3 Å². The first-order chi connectivity index (χ1) is 12.5. The summed E-state index contributed by atoms with van der Waals surface area (Å²) in [6, 6.07) is 9.51. The van der Waals surface area contributed by atoms with Crippen LogP contribution in [0.25, 0.3) is 11.3 Å². The summed E-state index contributed by atoms with van der Waals surface area (Å²) < 4.78 is 0. The first-order valence-corrected chi connectivity index (χ1v) is 9.08. The lowest BCUT2D eigenvalue weighted by Gasteiger charge is -2.13. The second-order valence-electron chi connectivity index (χ2n) is 5.58. The SMILES string of the molecule is Cc1nc(-c2cccc(CN)c2)c(CO)nc1Sc1ccnc(N)c1Cl. The Morgan fingerprint density at radius 1 is 1.23 bits per heavy atom. The van der Waals surface area contributed by atoms with Gasteiger partial charge in [0.15, 0.2) is 0 Å². The van der Waals surface area contributed by atoms with Gasteiger partial charge in [-0.3, -0.25) is 0 Å². The third-order valence-electron chi connectivity index (χ3n) is 3.77. The molecule has 0 spiro atoms. The molecule has 2 aromatic heterocycles. The Hall–Kier alpha value is -2.19. The number of nitrogen functional groups attached to an aromatic ring is 1. The van der Waals surface area contributed by atoms with Crippen LogP contribution in [0.2, 0.25) is 5.02 Å². The smallest absolute Gasteiger partial charge is 0.143 e. The molecular weight excluding hydrogens is 370 g/mol. The maximum atomic E-state index is 9.79. The number of aromatic nitrogens is 3. The van der Waals surface area contributed by atoms with Crippen molar-refractivity contribution in [3.05, 3.63) is 58.5 Å². The van der Waals surface area contributed by atoms with Gasteiger partial charge < -0.3 is 16.6 Å². The molecule has 3 aromatic rings. The van der Waals surface area contributed by atoms with E-state index in [9.17, 15) is 5.11 Å². The van der Waals surface area contributed by atoms with Crippen LogP contribution < -0.4 is 11.5 Å². The van der Waals surface area contributed by atoms with Gasteiger partial charge in [0.25, 0.3) is 0 Å². The molecule has 6 nitrogen and oxygen atoms in total. The van der Waals surface area contributed by atoms with Crippen molar-refractivity contribution in [1.29, 1.82) is 0 Å². The molecule has 3 rings (SSSR count). The Labute approximate surface area is 160 Å². The number of pyridine rings is 1. The number of hydrogen-bond donors (Lipinski definition) is 3. The van der Waals surface area contributed by atoms with E-state index in [1.807, 2.05) is 31.2 Å². The molecule has 0 amide bonds. The summed E-state index contributed by atoms with van der Waals surface area (Å²) in [5, 5.41) is 10.8. The summed E-state index contributed by atoms with van der Waals surface area (Å²) in [5.41, 5.74) is 15.2. The van der Waals surface area contributed by atoms with Crippen molar-refractivity contribution >= 4 is 29.2 Å². The number of rotatable bonds is 5. The summed E-state index contributed by atoms with van der Waals surface area (Å²) >= 11 is 7.55. The Balaban J connectivity index is 2.03. The minimum Gasteiger partial charge on any atom is -0.390 e. The zero-order valence-corrected chi connectivity index (χ0v) is 15.7. The minimum atomic E-state index is -0.227. The Kier molecular flexibility index (Phi) is 5.73. The van der Waals surface area contributed by atoms with Gasteiger partial charge in [-0.2, -0.15) is 0 Å². The van der Waals surface area contributed by atoms with Crippen molar-refractivity contribution in [2.24, 2.45) is 5.73 Å². The number of nitrogens with two attached hydrogens (primary N) is 2. The predicted molar refractivity (Wildman–Crippen MR) is 104 cm³/mol. The molecule has 0 saturated heterocycles. The van der Waals surface area contributed by atoms with Crippen LogP contribution in [0.1, 0.15) is 17.0 Å².